The van der Waals surface area contributed by atoms with Crippen molar-refractivity contribution < 1.29 is 22.4 Å². The van der Waals surface area contributed by atoms with Crippen molar-refractivity contribution in [3.05, 3.63) is 58.6 Å². The number of fused-ring (bicyclic) bond motifs is 1. The number of carbonyl (C=O) groups excluding carboxylic acids is 1. The van der Waals surface area contributed by atoms with E-state index in [-0.39, 0.29) is 35.4 Å². The maximum atomic E-state index is 13.1. The Labute approximate surface area is 185 Å². The molecule has 2 heterocycles. The number of oxazole rings is 1. The van der Waals surface area contributed by atoms with Gasteiger partial charge in [0.2, 0.25) is 15.9 Å². The van der Waals surface area contributed by atoms with Crippen molar-refractivity contribution in [2.45, 2.75) is 24.3 Å². The summed E-state index contributed by atoms with van der Waals surface area (Å²) in [6.45, 7) is 0.879. The topological polar surface area (TPSA) is 111 Å². The predicted octanol–water partition coefficient (Wildman–Crippen LogP) is 1.86. The lowest BCUT2D eigenvalue weighted by Crippen LogP contribution is -2.42. The quantitative estimate of drug-likeness (QED) is 0.602. The lowest BCUT2D eigenvalue weighted by atomic mass is 9.97. The van der Waals surface area contributed by atoms with Crippen LogP contribution in [0.25, 0.3) is 11.1 Å². The van der Waals surface area contributed by atoms with Crippen LogP contribution in [0.5, 0.6) is 5.75 Å². The molecule has 0 saturated carbocycles. The van der Waals surface area contributed by atoms with E-state index in [0.717, 1.165) is 11.3 Å². The SMILES string of the molecule is COc1cccc(CNC(=O)C2CCN(S(=O)(=O)c3ccc4c(c3)oc(=O)n4C)CC2)c1. The molecular weight excluding hydrogens is 434 g/mol. The smallest absolute Gasteiger partial charge is 0.419 e. The van der Waals surface area contributed by atoms with Gasteiger partial charge in [0, 0.05) is 38.7 Å². The standard InChI is InChI=1S/C22H25N3O6S/c1-24-19-7-6-18(13-20(19)31-22(24)27)32(28,29)25-10-8-16(9-11-25)21(26)23-14-15-4-3-5-17(12-15)30-2/h3-7,12-13,16H,8-11,14H2,1-2H3,(H,23,26). The normalized spacial score (nSPS) is 15.7. The first-order valence-corrected chi connectivity index (χ1v) is 11.7. The number of sulfonamides is 1. The molecule has 1 saturated heterocycles. The summed E-state index contributed by atoms with van der Waals surface area (Å²) in [5.74, 6) is -0.155. The monoisotopic (exact) mass is 459 g/mol. The highest BCUT2D eigenvalue weighted by Gasteiger charge is 2.32. The summed E-state index contributed by atoms with van der Waals surface area (Å²) in [6, 6.07) is 11.9. The summed E-state index contributed by atoms with van der Waals surface area (Å²) in [5, 5.41) is 2.93. The zero-order chi connectivity index (χ0) is 22.9. The molecule has 0 atom stereocenters. The summed E-state index contributed by atoms with van der Waals surface area (Å²) >= 11 is 0. The first-order valence-electron chi connectivity index (χ1n) is 10.3. The highest BCUT2D eigenvalue weighted by Crippen LogP contribution is 2.26. The number of hydrogen-bond donors (Lipinski definition) is 1. The number of carbonyl (C=O) groups is 1. The second kappa shape index (κ2) is 8.79. The molecule has 2 aromatic carbocycles. The number of benzene rings is 2. The van der Waals surface area contributed by atoms with E-state index in [9.17, 15) is 18.0 Å². The largest absolute Gasteiger partial charge is 0.497 e. The molecule has 9 nitrogen and oxygen atoms in total. The Hall–Kier alpha value is -3.11. The fraction of sp³-hybridized carbons (Fsp3) is 0.364. The second-order valence-corrected chi connectivity index (χ2v) is 9.74. The van der Waals surface area contributed by atoms with E-state index in [1.54, 1.807) is 20.2 Å². The second-order valence-electron chi connectivity index (χ2n) is 7.80. The highest BCUT2D eigenvalue weighted by molar-refractivity contribution is 7.89. The maximum Gasteiger partial charge on any atom is 0.419 e. The molecule has 1 N–H and O–H groups in total. The minimum absolute atomic E-state index is 0.0697. The molecule has 32 heavy (non-hydrogen) atoms. The molecule has 0 bridgehead atoms. The van der Waals surface area contributed by atoms with Crippen LogP contribution < -0.4 is 15.8 Å². The lowest BCUT2D eigenvalue weighted by molar-refractivity contribution is -0.126. The van der Waals surface area contributed by atoms with Crippen LogP contribution >= 0.6 is 0 Å². The molecule has 3 aromatic rings. The van der Waals surface area contributed by atoms with Crippen LogP contribution in [0.4, 0.5) is 0 Å². The highest BCUT2D eigenvalue weighted by atomic mass is 32.2. The van der Waals surface area contributed by atoms with Crippen LogP contribution in [-0.4, -0.2) is 43.4 Å². The number of amides is 1. The Balaban J connectivity index is 1.38. The zero-order valence-corrected chi connectivity index (χ0v) is 18.7. The molecule has 4 rings (SSSR count). The molecule has 1 amide bonds. The number of methoxy groups -OCH3 is 1. The van der Waals surface area contributed by atoms with E-state index in [1.165, 1.54) is 21.0 Å². The van der Waals surface area contributed by atoms with E-state index in [0.29, 0.717) is 24.9 Å². The maximum absolute atomic E-state index is 13.1. The molecule has 1 aliphatic heterocycles. The lowest BCUT2D eigenvalue weighted by Gasteiger charge is -2.30. The third-order valence-electron chi connectivity index (χ3n) is 5.83. The minimum atomic E-state index is -3.75. The Kier molecular flexibility index (Phi) is 6.07. The van der Waals surface area contributed by atoms with E-state index < -0.39 is 15.8 Å². The number of nitrogens with zero attached hydrogens (tertiary/aromatic N) is 2. The molecule has 0 radical (unpaired) electrons. The molecule has 1 aromatic heterocycles. The van der Waals surface area contributed by atoms with Gasteiger partial charge in [-0.05, 0) is 42.7 Å². The van der Waals surface area contributed by atoms with Crippen LogP contribution in [0, 0.1) is 5.92 Å². The Bertz CT molecular complexity index is 1300. The fourth-order valence-electron chi connectivity index (χ4n) is 3.90. The number of rotatable bonds is 6. The van der Waals surface area contributed by atoms with Crippen LogP contribution in [-0.2, 0) is 28.4 Å². The van der Waals surface area contributed by atoms with E-state index in [2.05, 4.69) is 5.32 Å². The first-order chi connectivity index (χ1) is 15.3. The number of ether oxygens (including phenoxy) is 1. The summed E-state index contributed by atoms with van der Waals surface area (Å²) in [4.78, 5) is 24.3. The van der Waals surface area contributed by atoms with Gasteiger partial charge in [-0.3, -0.25) is 9.36 Å². The molecule has 10 heteroatoms. The molecule has 0 unspecified atom stereocenters. The van der Waals surface area contributed by atoms with Crippen molar-refractivity contribution >= 4 is 27.0 Å². The van der Waals surface area contributed by atoms with E-state index in [1.807, 2.05) is 24.3 Å². The summed E-state index contributed by atoms with van der Waals surface area (Å²) in [6.07, 6.45) is 0.873. The van der Waals surface area contributed by atoms with E-state index in [4.69, 9.17) is 9.15 Å². The van der Waals surface area contributed by atoms with Crippen molar-refractivity contribution in [3.63, 3.8) is 0 Å². The van der Waals surface area contributed by atoms with Crippen molar-refractivity contribution in [1.29, 1.82) is 0 Å². The predicted molar refractivity (Wildman–Crippen MR) is 118 cm³/mol. The van der Waals surface area contributed by atoms with Crippen molar-refractivity contribution in [2.24, 2.45) is 13.0 Å². The summed E-state index contributed by atoms with van der Waals surface area (Å²) in [5.41, 5.74) is 1.69. The number of nitrogens with one attached hydrogen (secondary N) is 1. The van der Waals surface area contributed by atoms with Crippen molar-refractivity contribution in [1.82, 2.24) is 14.2 Å². The Morgan fingerprint density at radius 1 is 1.19 bits per heavy atom. The van der Waals surface area contributed by atoms with Gasteiger partial charge in [-0.2, -0.15) is 4.31 Å². The number of piperidine rings is 1. The van der Waals surface area contributed by atoms with Gasteiger partial charge in [0.15, 0.2) is 5.58 Å². The molecular formula is C22H25N3O6S. The minimum Gasteiger partial charge on any atom is -0.497 e. The number of aryl methyl sites for hydroxylation is 1. The van der Waals surface area contributed by atoms with Crippen LogP contribution in [0.1, 0.15) is 18.4 Å². The van der Waals surface area contributed by atoms with Crippen LogP contribution in [0.3, 0.4) is 0 Å². The molecule has 0 spiro atoms. The Morgan fingerprint density at radius 3 is 2.66 bits per heavy atom. The van der Waals surface area contributed by atoms with Gasteiger partial charge in [-0.25, -0.2) is 13.2 Å². The summed E-state index contributed by atoms with van der Waals surface area (Å²) < 4.78 is 39.1. The van der Waals surface area contributed by atoms with Gasteiger partial charge >= 0.3 is 5.76 Å². The zero-order valence-electron chi connectivity index (χ0n) is 17.9. The Morgan fingerprint density at radius 2 is 1.94 bits per heavy atom. The third kappa shape index (κ3) is 4.28. The van der Waals surface area contributed by atoms with Gasteiger partial charge < -0.3 is 14.5 Å². The van der Waals surface area contributed by atoms with Crippen LogP contribution in [0.15, 0.2) is 56.6 Å². The van der Waals surface area contributed by atoms with Gasteiger partial charge in [0.25, 0.3) is 0 Å². The van der Waals surface area contributed by atoms with Crippen molar-refractivity contribution in [3.8, 4) is 5.75 Å². The molecule has 1 aliphatic rings. The molecule has 1 fully saturated rings. The summed E-state index contributed by atoms with van der Waals surface area (Å²) in [7, 11) is -0.600. The van der Waals surface area contributed by atoms with Gasteiger partial charge in [-0.15, -0.1) is 0 Å². The fourth-order valence-corrected chi connectivity index (χ4v) is 5.38. The number of aromatic nitrogens is 1. The first kappa shape index (κ1) is 22.1. The van der Waals surface area contributed by atoms with Gasteiger partial charge in [0.05, 0.1) is 17.5 Å². The van der Waals surface area contributed by atoms with Gasteiger partial charge in [-0.1, -0.05) is 12.1 Å². The third-order valence-corrected chi connectivity index (χ3v) is 7.72. The molecule has 0 aliphatic carbocycles. The molecule has 170 valence electrons. The van der Waals surface area contributed by atoms with Crippen LogP contribution in [0.2, 0.25) is 0 Å². The average molecular weight is 460 g/mol. The van der Waals surface area contributed by atoms with Crippen molar-refractivity contribution in [2.75, 3.05) is 20.2 Å². The average Bonchev–Trinajstić information content (AvgIpc) is 3.10. The number of hydrogen-bond acceptors (Lipinski definition) is 6. The van der Waals surface area contributed by atoms with E-state index >= 15 is 0 Å². The van der Waals surface area contributed by atoms with Gasteiger partial charge in [0.1, 0.15) is 5.75 Å².